The summed E-state index contributed by atoms with van der Waals surface area (Å²) in [7, 11) is 1.37. The topological polar surface area (TPSA) is 128 Å². The molecule has 0 radical (unpaired) electrons. The summed E-state index contributed by atoms with van der Waals surface area (Å²) in [5, 5.41) is 31.7. The normalized spacial score (nSPS) is 29.8. The van der Waals surface area contributed by atoms with Gasteiger partial charge in [0.25, 0.3) is 0 Å². The molecule has 2 aromatic heterocycles. The Kier molecular flexibility index (Phi) is 10.6. The van der Waals surface area contributed by atoms with Crippen LogP contribution in [0.5, 0.6) is 0 Å². The number of nitrogens with zero attached hydrogens (tertiary/aromatic N) is 6. The number of rotatable bonds is 10. The Morgan fingerprint density at radius 1 is 0.792 bits per heavy atom. The van der Waals surface area contributed by atoms with Crippen molar-refractivity contribution in [1.29, 1.82) is 0 Å². The van der Waals surface area contributed by atoms with Gasteiger partial charge in [0.1, 0.15) is 30.9 Å². The number of aromatic nitrogens is 6. The van der Waals surface area contributed by atoms with Gasteiger partial charge in [0.15, 0.2) is 0 Å². The number of carbonyl (C=O) groups is 1. The van der Waals surface area contributed by atoms with Crippen molar-refractivity contribution >= 4 is 5.97 Å². The number of ether oxygens (including phenoxy) is 1. The number of benzene rings is 2. The average molecular weight is 657 g/mol. The molecule has 2 heterocycles. The van der Waals surface area contributed by atoms with E-state index < -0.39 is 16.6 Å². The van der Waals surface area contributed by atoms with Gasteiger partial charge in [-0.1, -0.05) is 73.5 Å². The molecule has 2 aromatic carbocycles. The van der Waals surface area contributed by atoms with E-state index in [-0.39, 0.29) is 29.8 Å². The van der Waals surface area contributed by atoms with Crippen molar-refractivity contribution in [3.05, 3.63) is 96.1 Å². The van der Waals surface area contributed by atoms with Crippen LogP contribution in [0.3, 0.4) is 0 Å². The molecule has 0 aliphatic heterocycles. The minimum absolute atomic E-state index is 0.0662. The van der Waals surface area contributed by atoms with Gasteiger partial charge in [0, 0.05) is 0 Å². The fourth-order valence-corrected chi connectivity index (χ4v) is 8.10. The van der Waals surface area contributed by atoms with E-state index in [2.05, 4.69) is 96.4 Å². The predicted molar refractivity (Wildman–Crippen MR) is 184 cm³/mol. The van der Waals surface area contributed by atoms with Crippen molar-refractivity contribution < 1.29 is 19.7 Å². The molecular weight excluding hydrogens is 604 g/mol. The number of methoxy groups -OCH3 is 1. The Bertz CT molecular complexity index is 1610. The Hall–Kier alpha value is -3.89. The van der Waals surface area contributed by atoms with E-state index in [1.54, 1.807) is 28.9 Å². The molecule has 48 heavy (non-hydrogen) atoms. The van der Waals surface area contributed by atoms with Gasteiger partial charge in [-0.2, -0.15) is 10.2 Å². The van der Waals surface area contributed by atoms with Gasteiger partial charge in [-0.25, -0.2) is 9.97 Å². The fraction of sp³-hybridized carbons (Fsp3) is 0.553. The van der Waals surface area contributed by atoms with Crippen LogP contribution in [0.2, 0.25) is 0 Å². The highest BCUT2D eigenvalue weighted by Crippen LogP contribution is 2.54. The van der Waals surface area contributed by atoms with E-state index in [4.69, 9.17) is 4.74 Å². The Morgan fingerprint density at radius 3 is 1.69 bits per heavy atom. The fourth-order valence-electron chi connectivity index (χ4n) is 8.10. The summed E-state index contributed by atoms with van der Waals surface area (Å²) in [5.41, 5.74) is 1.89. The molecule has 6 atom stereocenters. The van der Waals surface area contributed by atoms with Crippen LogP contribution in [0.1, 0.15) is 75.1 Å². The largest absolute Gasteiger partial charge is 0.469 e. The first-order valence-corrected chi connectivity index (χ1v) is 17.1. The second-order valence-corrected chi connectivity index (χ2v) is 14.6. The van der Waals surface area contributed by atoms with E-state index >= 15 is 0 Å². The van der Waals surface area contributed by atoms with E-state index in [0.29, 0.717) is 19.4 Å². The smallest absolute Gasteiger partial charge is 0.314 e. The predicted octanol–water partition coefficient (Wildman–Crippen LogP) is 5.54. The van der Waals surface area contributed by atoms with E-state index in [1.165, 1.54) is 36.5 Å². The lowest BCUT2D eigenvalue weighted by Crippen LogP contribution is -2.54. The lowest BCUT2D eigenvalue weighted by molar-refractivity contribution is -0.173. The van der Waals surface area contributed by atoms with Gasteiger partial charge in [0.05, 0.1) is 31.2 Å². The molecule has 2 N–H and O–H groups in total. The highest BCUT2D eigenvalue weighted by molar-refractivity contribution is 5.78. The summed E-state index contributed by atoms with van der Waals surface area (Å²) >= 11 is 0. The standard InChI is InChI=1S/C19H25N3O3.C19H27N3O/c1-14-4-6-15(7-5-14)10-16-8-9-18(2,17(23)25-3)19(16,24)11-22-13-20-12-21-22;1-4-18(3)10-9-17(11-16-7-5-15(2)6-8-16)19(18,23)12-22-14-20-13-21-22/h4-7,12-13,16,24H,8-11H2,1-3H3;5-8,13-14,17,23H,4,9-12H2,1-3H3. The maximum Gasteiger partial charge on any atom is 0.314 e. The first-order chi connectivity index (χ1) is 22.9. The van der Waals surface area contributed by atoms with Crippen LogP contribution in [-0.4, -0.2) is 64.0 Å². The molecule has 2 aliphatic rings. The van der Waals surface area contributed by atoms with Crippen molar-refractivity contribution in [3.63, 3.8) is 0 Å². The van der Waals surface area contributed by atoms with Gasteiger partial charge < -0.3 is 14.9 Å². The first-order valence-electron chi connectivity index (χ1n) is 17.1. The number of carbonyl (C=O) groups excluding carboxylic acids is 1. The van der Waals surface area contributed by atoms with Crippen LogP contribution in [0, 0.1) is 36.5 Å². The minimum atomic E-state index is -1.25. The zero-order valence-electron chi connectivity index (χ0n) is 29.3. The van der Waals surface area contributed by atoms with Crippen molar-refractivity contribution in [2.24, 2.45) is 22.7 Å². The third-order valence-corrected chi connectivity index (χ3v) is 11.7. The monoisotopic (exact) mass is 656 g/mol. The molecule has 2 fully saturated rings. The quantitative estimate of drug-likeness (QED) is 0.213. The van der Waals surface area contributed by atoms with E-state index in [0.717, 1.165) is 37.7 Å². The summed E-state index contributed by atoms with van der Waals surface area (Å²) < 4.78 is 8.39. The zero-order valence-corrected chi connectivity index (χ0v) is 29.3. The van der Waals surface area contributed by atoms with Gasteiger partial charge in [-0.3, -0.25) is 14.2 Å². The first kappa shape index (κ1) is 35.4. The molecular formula is C38H52N6O4. The molecule has 2 aliphatic carbocycles. The van der Waals surface area contributed by atoms with Crippen molar-refractivity contribution in [1.82, 2.24) is 29.5 Å². The van der Waals surface area contributed by atoms with Gasteiger partial charge >= 0.3 is 5.97 Å². The van der Waals surface area contributed by atoms with Gasteiger partial charge in [-0.05, 0) is 94.1 Å². The molecule has 0 spiro atoms. The summed E-state index contributed by atoms with van der Waals surface area (Å²) in [6.07, 6.45) is 12.3. The Labute approximate surface area is 284 Å². The van der Waals surface area contributed by atoms with Gasteiger partial charge in [-0.15, -0.1) is 0 Å². The third-order valence-electron chi connectivity index (χ3n) is 11.7. The van der Waals surface area contributed by atoms with E-state index in [9.17, 15) is 15.0 Å². The summed E-state index contributed by atoms with van der Waals surface area (Å²) in [6, 6.07) is 17.0. The highest BCUT2D eigenvalue weighted by atomic mass is 16.5. The zero-order chi connectivity index (χ0) is 34.6. The molecule has 2 saturated carbocycles. The SMILES string of the molecule is CCC1(C)CCC(Cc2ccc(C)cc2)C1(O)Cn1cncn1.COC(=O)C1(C)CCC(Cc2ccc(C)cc2)C1(O)Cn1cncn1. The highest BCUT2D eigenvalue weighted by Gasteiger charge is 2.61. The molecule has 0 saturated heterocycles. The molecule has 6 rings (SSSR count). The molecule has 258 valence electrons. The Morgan fingerprint density at radius 2 is 1.25 bits per heavy atom. The lowest BCUT2D eigenvalue weighted by atomic mass is 9.70. The summed E-state index contributed by atoms with van der Waals surface area (Å²) in [4.78, 5) is 20.5. The van der Waals surface area contributed by atoms with Gasteiger partial charge in [0.2, 0.25) is 0 Å². The number of aliphatic hydroxyl groups is 2. The van der Waals surface area contributed by atoms with Crippen molar-refractivity contribution in [2.45, 2.75) is 104 Å². The lowest BCUT2D eigenvalue weighted by Gasteiger charge is -2.42. The molecule has 0 bridgehead atoms. The van der Waals surface area contributed by atoms with E-state index in [1.807, 2.05) is 0 Å². The summed E-state index contributed by atoms with van der Waals surface area (Å²) in [6.45, 7) is 11.1. The maximum absolute atomic E-state index is 12.5. The van der Waals surface area contributed by atoms with Crippen molar-refractivity contribution in [3.8, 4) is 0 Å². The number of esters is 1. The second-order valence-electron chi connectivity index (χ2n) is 14.6. The average Bonchev–Trinajstić information content (AvgIpc) is 3.88. The second kappa shape index (κ2) is 14.3. The molecule has 10 nitrogen and oxygen atoms in total. The van der Waals surface area contributed by atoms with Crippen LogP contribution >= 0.6 is 0 Å². The van der Waals surface area contributed by atoms with Crippen molar-refractivity contribution in [2.75, 3.05) is 7.11 Å². The number of hydrogen-bond donors (Lipinski definition) is 2. The summed E-state index contributed by atoms with van der Waals surface area (Å²) in [5.74, 6) is -0.190. The molecule has 4 aromatic rings. The Balaban J connectivity index is 0.000000188. The number of aryl methyl sites for hydroxylation is 2. The molecule has 6 unspecified atom stereocenters. The van der Waals surface area contributed by atoms with Crippen LogP contribution in [0.15, 0.2) is 73.8 Å². The minimum Gasteiger partial charge on any atom is -0.469 e. The maximum atomic E-state index is 12.5. The van der Waals surface area contributed by atoms with Crippen LogP contribution in [0.25, 0.3) is 0 Å². The third kappa shape index (κ3) is 6.96. The number of hydrogen-bond acceptors (Lipinski definition) is 8. The molecule has 10 heteroatoms. The van der Waals surface area contributed by atoms with Crippen LogP contribution in [-0.2, 0) is 35.5 Å². The van der Waals surface area contributed by atoms with Crippen LogP contribution in [0.4, 0.5) is 0 Å². The molecule has 0 amide bonds. The van der Waals surface area contributed by atoms with Crippen LogP contribution < -0.4 is 0 Å².